The van der Waals surface area contributed by atoms with Gasteiger partial charge >= 0.3 is 5.97 Å². The first-order chi connectivity index (χ1) is 10.8. The number of thiophene rings is 1. The fraction of sp³-hybridized carbons (Fsp3) is 0.438. The third kappa shape index (κ3) is 4.83. The molecule has 0 unspecified atom stereocenters. The first-order valence-corrected chi connectivity index (χ1v) is 8.15. The quantitative estimate of drug-likeness (QED) is 0.453. The van der Waals surface area contributed by atoms with Crippen LogP contribution in [0.3, 0.4) is 0 Å². The Labute approximate surface area is 139 Å². The van der Waals surface area contributed by atoms with Crippen molar-refractivity contribution in [1.29, 1.82) is 5.26 Å². The average molecular weight is 335 g/mol. The van der Waals surface area contributed by atoms with Gasteiger partial charge in [0.25, 0.3) is 5.91 Å². The van der Waals surface area contributed by atoms with Crippen molar-refractivity contribution in [1.82, 2.24) is 0 Å². The molecule has 0 radical (unpaired) electrons. The van der Waals surface area contributed by atoms with Gasteiger partial charge in [-0.15, -0.1) is 11.3 Å². The normalized spacial score (nSPS) is 11.7. The first kappa shape index (κ1) is 18.7. The number of allylic oxidation sites excluding steroid dienone is 1. The zero-order valence-corrected chi connectivity index (χ0v) is 14.5. The maximum Gasteiger partial charge on any atom is 0.341 e. The zero-order chi connectivity index (χ0) is 17.6. The van der Waals surface area contributed by atoms with E-state index in [-0.39, 0.29) is 12.2 Å². The van der Waals surface area contributed by atoms with E-state index in [9.17, 15) is 9.59 Å². The molecule has 6 nitrogen and oxygen atoms in total. The number of hydrogen-bond acceptors (Lipinski definition) is 6. The third-order valence-corrected chi connectivity index (χ3v) is 3.95. The summed E-state index contributed by atoms with van der Waals surface area (Å²) < 4.78 is 5.12. The minimum absolute atomic E-state index is 0.168. The van der Waals surface area contributed by atoms with Crippen LogP contribution in [0, 0.1) is 17.2 Å². The van der Waals surface area contributed by atoms with E-state index in [4.69, 9.17) is 15.7 Å². The van der Waals surface area contributed by atoms with Crippen molar-refractivity contribution < 1.29 is 14.3 Å². The van der Waals surface area contributed by atoms with Crippen LogP contribution in [0.2, 0.25) is 0 Å². The summed E-state index contributed by atoms with van der Waals surface area (Å²) in [5, 5.41) is 14.4. The summed E-state index contributed by atoms with van der Waals surface area (Å²) in [5.74, 6) is -0.853. The molecule has 23 heavy (non-hydrogen) atoms. The van der Waals surface area contributed by atoms with Crippen LogP contribution in [0.15, 0.2) is 16.7 Å². The Kier molecular flexibility index (Phi) is 6.79. The standard InChI is InChI=1S/C16H21N3O3S/c1-5-22-16(21)13-11(6-9(2)3)8-23-15(13)19-10(4)12(7-17)14(18)20/h8-9,19H,5-6H2,1-4H3,(H2,18,20)/b12-10-. The van der Waals surface area contributed by atoms with Crippen molar-refractivity contribution in [3.63, 3.8) is 0 Å². The summed E-state index contributed by atoms with van der Waals surface area (Å²) in [5.41, 5.74) is 6.65. The maximum atomic E-state index is 12.3. The summed E-state index contributed by atoms with van der Waals surface area (Å²) in [4.78, 5) is 23.5. The Morgan fingerprint density at radius 2 is 2.13 bits per heavy atom. The zero-order valence-electron chi connectivity index (χ0n) is 13.7. The number of nitrogens with two attached hydrogens (primary N) is 1. The lowest BCUT2D eigenvalue weighted by molar-refractivity contribution is -0.114. The van der Waals surface area contributed by atoms with Gasteiger partial charge in [0.1, 0.15) is 16.6 Å². The van der Waals surface area contributed by atoms with Gasteiger partial charge in [-0.1, -0.05) is 13.8 Å². The van der Waals surface area contributed by atoms with Gasteiger partial charge < -0.3 is 15.8 Å². The Morgan fingerprint density at radius 3 is 2.61 bits per heavy atom. The number of amides is 1. The molecule has 0 fully saturated rings. The van der Waals surface area contributed by atoms with E-state index in [1.54, 1.807) is 19.9 Å². The Hall–Kier alpha value is -2.33. The van der Waals surface area contributed by atoms with Crippen molar-refractivity contribution in [2.75, 3.05) is 11.9 Å². The number of carbonyl (C=O) groups is 2. The monoisotopic (exact) mass is 335 g/mol. The summed E-state index contributed by atoms with van der Waals surface area (Å²) in [6.07, 6.45) is 0.732. The molecule has 0 aliphatic carbocycles. The van der Waals surface area contributed by atoms with Crippen LogP contribution < -0.4 is 11.1 Å². The van der Waals surface area contributed by atoms with E-state index in [1.165, 1.54) is 11.3 Å². The van der Waals surface area contributed by atoms with Crippen LogP contribution in [0.5, 0.6) is 0 Å². The smallest absolute Gasteiger partial charge is 0.341 e. The van der Waals surface area contributed by atoms with Crippen molar-refractivity contribution in [3.05, 3.63) is 27.8 Å². The fourth-order valence-electron chi connectivity index (χ4n) is 2.06. The molecule has 0 aromatic carbocycles. The number of esters is 1. The fourth-order valence-corrected chi connectivity index (χ4v) is 3.08. The lowest BCUT2D eigenvalue weighted by Gasteiger charge is -2.11. The van der Waals surface area contributed by atoms with E-state index in [1.807, 2.05) is 5.38 Å². The molecular formula is C16H21N3O3S. The summed E-state index contributed by atoms with van der Waals surface area (Å²) in [6.45, 7) is 7.71. The molecule has 0 saturated carbocycles. The van der Waals surface area contributed by atoms with E-state index in [0.717, 1.165) is 12.0 Å². The molecule has 0 atom stereocenters. The first-order valence-electron chi connectivity index (χ1n) is 7.27. The summed E-state index contributed by atoms with van der Waals surface area (Å²) >= 11 is 1.33. The van der Waals surface area contributed by atoms with Crippen LogP contribution >= 0.6 is 11.3 Å². The summed E-state index contributed by atoms with van der Waals surface area (Å²) in [7, 11) is 0. The molecule has 0 spiro atoms. The Bertz CT molecular complexity index is 669. The number of nitrogens with zero attached hydrogens (tertiary/aromatic N) is 1. The highest BCUT2D eigenvalue weighted by atomic mass is 32.1. The van der Waals surface area contributed by atoms with Gasteiger partial charge in [-0.2, -0.15) is 5.26 Å². The molecule has 1 amide bonds. The number of anilines is 1. The van der Waals surface area contributed by atoms with Crippen molar-refractivity contribution in [2.24, 2.45) is 11.7 Å². The molecule has 0 saturated heterocycles. The number of carbonyl (C=O) groups excluding carboxylic acids is 2. The topological polar surface area (TPSA) is 105 Å². The van der Waals surface area contributed by atoms with E-state index < -0.39 is 11.9 Å². The van der Waals surface area contributed by atoms with Crippen LogP contribution in [0.4, 0.5) is 5.00 Å². The lowest BCUT2D eigenvalue weighted by atomic mass is 10.0. The molecule has 1 heterocycles. The number of nitriles is 1. The average Bonchev–Trinajstić information content (AvgIpc) is 2.81. The third-order valence-electron chi connectivity index (χ3n) is 3.01. The second-order valence-corrected chi connectivity index (χ2v) is 6.26. The van der Waals surface area contributed by atoms with Gasteiger partial charge in [0.2, 0.25) is 0 Å². The van der Waals surface area contributed by atoms with Crippen molar-refractivity contribution >= 4 is 28.2 Å². The number of ether oxygens (including phenoxy) is 1. The van der Waals surface area contributed by atoms with E-state index in [2.05, 4.69) is 19.2 Å². The SMILES string of the molecule is CCOC(=O)c1c(CC(C)C)csc1N/C(C)=C(/C#N)C(N)=O. The molecule has 124 valence electrons. The van der Waals surface area contributed by atoms with Crippen molar-refractivity contribution in [3.8, 4) is 6.07 Å². The summed E-state index contributed by atoms with van der Waals surface area (Å²) in [6, 6.07) is 1.77. The van der Waals surface area contributed by atoms with Crippen LogP contribution in [0.25, 0.3) is 0 Å². The Balaban J connectivity index is 3.26. The molecule has 1 rings (SSSR count). The van der Waals surface area contributed by atoms with Crippen LogP contribution in [-0.2, 0) is 16.0 Å². The molecule has 0 aliphatic heterocycles. The van der Waals surface area contributed by atoms with Gasteiger partial charge in [0, 0.05) is 5.70 Å². The minimum Gasteiger partial charge on any atom is -0.462 e. The molecular weight excluding hydrogens is 314 g/mol. The number of hydrogen-bond donors (Lipinski definition) is 2. The maximum absolute atomic E-state index is 12.3. The van der Waals surface area contributed by atoms with Gasteiger partial charge in [-0.05, 0) is 37.1 Å². The molecule has 0 bridgehead atoms. The number of nitrogens with one attached hydrogen (secondary N) is 1. The molecule has 7 heteroatoms. The number of primary amides is 1. The van der Waals surface area contributed by atoms with E-state index >= 15 is 0 Å². The minimum atomic E-state index is -0.811. The molecule has 1 aromatic heterocycles. The van der Waals surface area contributed by atoms with Gasteiger partial charge in [0.15, 0.2) is 0 Å². The highest BCUT2D eigenvalue weighted by Crippen LogP contribution is 2.32. The van der Waals surface area contributed by atoms with Gasteiger partial charge in [-0.3, -0.25) is 4.79 Å². The predicted molar refractivity (Wildman–Crippen MR) is 89.9 cm³/mol. The van der Waals surface area contributed by atoms with E-state index in [0.29, 0.717) is 22.2 Å². The molecule has 0 aliphatic rings. The molecule has 1 aromatic rings. The Morgan fingerprint density at radius 1 is 1.48 bits per heavy atom. The van der Waals surface area contributed by atoms with Crippen LogP contribution in [-0.4, -0.2) is 18.5 Å². The predicted octanol–water partition coefficient (Wildman–Crippen LogP) is 2.82. The van der Waals surface area contributed by atoms with Crippen LogP contribution in [0.1, 0.15) is 43.6 Å². The largest absolute Gasteiger partial charge is 0.462 e. The van der Waals surface area contributed by atoms with Crippen molar-refractivity contribution in [2.45, 2.75) is 34.1 Å². The highest BCUT2D eigenvalue weighted by molar-refractivity contribution is 7.14. The second kappa shape index (κ2) is 8.34. The van der Waals surface area contributed by atoms with Gasteiger partial charge in [-0.25, -0.2) is 4.79 Å². The van der Waals surface area contributed by atoms with Gasteiger partial charge in [0.05, 0.1) is 12.2 Å². The second-order valence-electron chi connectivity index (χ2n) is 5.38. The number of rotatable bonds is 7. The highest BCUT2D eigenvalue weighted by Gasteiger charge is 2.22. The molecule has 3 N–H and O–H groups in total. The lowest BCUT2D eigenvalue weighted by Crippen LogP contribution is -2.17.